The molecule has 0 radical (unpaired) electrons. The highest BCUT2D eigenvalue weighted by Gasteiger charge is 2.15. The Kier molecular flexibility index (Phi) is 4.29. The lowest BCUT2D eigenvalue weighted by Crippen LogP contribution is -2.04. The molecule has 2 N–H and O–H groups in total. The highest BCUT2D eigenvalue weighted by atomic mass is 35.5. The number of hydrogen-bond donors (Lipinski definition) is 1. The van der Waals surface area contributed by atoms with E-state index in [9.17, 15) is 4.79 Å². The minimum atomic E-state index is -0.443. The van der Waals surface area contributed by atoms with Gasteiger partial charge in [-0.25, -0.2) is 9.78 Å². The van der Waals surface area contributed by atoms with Crippen LogP contribution in [-0.4, -0.2) is 18.1 Å². The number of nitrogen functional groups attached to an aromatic ring is 1. The van der Waals surface area contributed by atoms with Crippen molar-refractivity contribution in [2.75, 3.05) is 12.8 Å². The first kappa shape index (κ1) is 13.7. The van der Waals surface area contributed by atoms with E-state index in [1.807, 2.05) is 0 Å². The number of pyridine rings is 1. The van der Waals surface area contributed by atoms with Gasteiger partial charge in [0.05, 0.1) is 17.7 Å². The Morgan fingerprint density at radius 1 is 1.42 bits per heavy atom. The highest BCUT2D eigenvalue weighted by molar-refractivity contribution is 7.99. The Balaban J connectivity index is 2.40. The normalized spacial score (nSPS) is 10.2. The zero-order valence-corrected chi connectivity index (χ0v) is 11.7. The molecule has 6 heteroatoms. The Morgan fingerprint density at radius 3 is 2.89 bits per heavy atom. The van der Waals surface area contributed by atoms with E-state index in [0.717, 1.165) is 0 Å². The summed E-state index contributed by atoms with van der Waals surface area (Å²) in [4.78, 5) is 16.6. The zero-order valence-electron chi connectivity index (χ0n) is 10.1. The summed E-state index contributed by atoms with van der Waals surface area (Å²) in [7, 11) is 1.33. The van der Waals surface area contributed by atoms with Crippen LogP contribution in [0, 0.1) is 0 Å². The van der Waals surface area contributed by atoms with E-state index in [1.54, 1.807) is 36.5 Å². The second kappa shape index (κ2) is 5.95. The number of esters is 1. The van der Waals surface area contributed by atoms with Crippen molar-refractivity contribution in [3.8, 4) is 0 Å². The van der Waals surface area contributed by atoms with Crippen molar-refractivity contribution in [1.29, 1.82) is 0 Å². The molecular weight excluding hydrogens is 284 g/mol. The molecule has 2 rings (SSSR count). The molecule has 4 nitrogen and oxygen atoms in total. The number of nitrogens with zero attached hydrogens (tertiary/aromatic N) is 1. The van der Waals surface area contributed by atoms with Crippen molar-refractivity contribution < 1.29 is 9.53 Å². The molecule has 0 spiro atoms. The molecule has 0 saturated heterocycles. The van der Waals surface area contributed by atoms with Gasteiger partial charge in [0.25, 0.3) is 0 Å². The van der Waals surface area contributed by atoms with Gasteiger partial charge in [-0.05, 0) is 30.3 Å². The summed E-state index contributed by atoms with van der Waals surface area (Å²) >= 11 is 7.34. The van der Waals surface area contributed by atoms with Gasteiger partial charge in [-0.1, -0.05) is 23.4 Å². The second-order valence-electron chi connectivity index (χ2n) is 3.64. The van der Waals surface area contributed by atoms with Crippen LogP contribution in [-0.2, 0) is 4.74 Å². The summed E-state index contributed by atoms with van der Waals surface area (Å²) in [6.45, 7) is 0. The molecule has 0 amide bonds. The minimum absolute atomic E-state index is 0.397. The van der Waals surface area contributed by atoms with Crippen molar-refractivity contribution in [1.82, 2.24) is 4.98 Å². The monoisotopic (exact) mass is 294 g/mol. The Morgan fingerprint density at radius 2 is 2.21 bits per heavy atom. The largest absolute Gasteiger partial charge is 0.465 e. The maximum atomic E-state index is 11.7. The summed E-state index contributed by atoms with van der Waals surface area (Å²) in [5, 5.41) is 1.15. The van der Waals surface area contributed by atoms with Gasteiger partial charge in [0, 0.05) is 16.8 Å². The highest BCUT2D eigenvalue weighted by Crippen LogP contribution is 2.34. The van der Waals surface area contributed by atoms with Crippen LogP contribution >= 0.6 is 23.4 Å². The minimum Gasteiger partial charge on any atom is -0.465 e. The molecular formula is C13H11ClN2O2S. The summed E-state index contributed by atoms with van der Waals surface area (Å²) in [5.41, 5.74) is 6.58. The zero-order chi connectivity index (χ0) is 13.8. The third kappa shape index (κ3) is 3.19. The molecule has 1 aromatic heterocycles. The SMILES string of the molecule is COC(=O)c1cc(N)ccc1Sc1ncccc1Cl. The number of anilines is 1. The van der Waals surface area contributed by atoms with Crippen LogP contribution in [0.3, 0.4) is 0 Å². The first-order valence-corrected chi connectivity index (χ1v) is 6.57. The number of hydrogen-bond acceptors (Lipinski definition) is 5. The predicted octanol–water partition coefficient (Wildman–Crippen LogP) is 3.26. The van der Waals surface area contributed by atoms with Crippen molar-refractivity contribution in [2.24, 2.45) is 0 Å². The molecule has 0 aliphatic carbocycles. The first-order valence-electron chi connectivity index (χ1n) is 5.38. The molecule has 2 aromatic rings. The number of carbonyl (C=O) groups excluding carboxylic acids is 1. The predicted molar refractivity (Wildman–Crippen MR) is 75.6 cm³/mol. The molecule has 0 bridgehead atoms. The fourth-order valence-corrected chi connectivity index (χ4v) is 2.57. The van der Waals surface area contributed by atoms with Gasteiger partial charge in [-0.2, -0.15) is 0 Å². The lowest BCUT2D eigenvalue weighted by atomic mass is 10.2. The average molecular weight is 295 g/mol. The van der Waals surface area contributed by atoms with Crippen LogP contribution in [0.1, 0.15) is 10.4 Å². The van der Waals surface area contributed by atoms with Crippen LogP contribution in [0.25, 0.3) is 0 Å². The van der Waals surface area contributed by atoms with E-state index in [1.165, 1.54) is 18.9 Å². The van der Waals surface area contributed by atoms with Gasteiger partial charge in [0.2, 0.25) is 0 Å². The molecule has 0 unspecified atom stereocenters. The van der Waals surface area contributed by atoms with Crippen LogP contribution < -0.4 is 5.73 Å². The smallest absolute Gasteiger partial charge is 0.339 e. The van der Waals surface area contributed by atoms with Gasteiger partial charge in [-0.15, -0.1) is 0 Å². The van der Waals surface area contributed by atoms with Gasteiger partial charge >= 0.3 is 5.97 Å². The first-order chi connectivity index (χ1) is 9.11. The third-order valence-corrected chi connectivity index (χ3v) is 3.85. The molecule has 0 atom stereocenters. The Labute approximate surface area is 119 Å². The van der Waals surface area contributed by atoms with Gasteiger partial charge in [-0.3, -0.25) is 0 Å². The van der Waals surface area contributed by atoms with Crippen molar-refractivity contribution in [2.45, 2.75) is 9.92 Å². The number of carbonyl (C=O) groups is 1. The molecule has 0 aliphatic rings. The molecule has 0 fully saturated rings. The van der Waals surface area contributed by atoms with Gasteiger partial charge in [0.1, 0.15) is 5.03 Å². The van der Waals surface area contributed by atoms with Crippen molar-refractivity contribution in [3.05, 3.63) is 47.1 Å². The maximum absolute atomic E-state index is 11.7. The Hall–Kier alpha value is -1.72. The molecule has 19 heavy (non-hydrogen) atoms. The van der Waals surface area contributed by atoms with Crippen molar-refractivity contribution in [3.63, 3.8) is 0 Å². The number of methoxy groups -OCH3 is 1. The quantitative estimate of drug-likeness (QED) is 0.695. The van der Waals surface area contributed by atoms with E-state index in [4.69, 9.17) is 22.1 Å². The van der Waals surface area contributed by atoms with E-state index in [0.29, 0.717) is 26.2 Å². The average Bonchev–Trinajstić information content (AvgIpc) is 2.42. The number of aromatic nitrogens is 1. The topological polar surface area (TPSA) is 65.2 Å². The molecule has 1 aromatic carbocycles. The number of ether oxygens (including phenoxy) is 1. The second-order valence-corrected chi connectivity index (χ2v) is 5.08. The maximum Gasteiger partial charge on any atom is 0.339 e. The number of benzene rings is 1. The van der Waals surface area contributed by atoms with Gasteiger partial charge < -0.3 is 10.5 Å². The molecule has 98 valence electrons. The van der Waals surface area contributed by atoms with E-state index >= 15 is 0 Å². The number of halogens is 1. The molecule has 1 heterocycles. The standard InChI is InChI=1S/C13H11ClN2O2S/c1-18-13(17)9-7-8(15)4-5-11(9)19-12-10(14)3-2-6-16-12/h2-7H,15H2,1H3. The number of nitrogens with two attached hydrogens (primary N) is 1. The van der Waals surface area contributed by atoms with Gasteiger partial charge in [0.15, 0.2) is 0 Å². The fourth-order valence-electron chi connectivity index (χ4n) is 1.46. The van der Waals surface area contributed by atoms with E-state index in [2.05, 4.69) is 4.98 Å². The fraction of sp³-hybridized carbons (Fsp3) is 0.0769. The molecule has 0 saturated carbocycles. The van der Waals surface area contributed by atoms with Crippen LogP contribution in [0.15, 0.2) is 46.5 Å². The summed E-state index contributed by atoms with van der Waals surface area (Å²) in [6, 6.07) is 8.52. The number of rotatable bonds is 3. The lowest BCUT2D eigenvalue weighted by molar-refractivity contribution is 0.0597. The summed E-state index contributed by atoms with van der Waals surface area (Å²) < 4.78 is 4.74. The van der Waals surface area contributed by atoms with Crippen molar-refractivity contribution >= 4 is 35.0 Å². The molecule has 0 aliphatic heterocycles. The van der Waals surface area contributed by atoms with Crippen LogP contribution in [0.2, 0.25) is 5.02 Å². The third-order valence-electron chi connectivity index (χ3n) is 2.34. The lowest BCUT2D eigenvalue weighted by Gasteiger charge is -2.08. The van der Waals surface area contributed by atoms with E-state index in [-0.39, 0.29) is 0 Å². The Bertz CT molecular complexity index is 619. The summed E-state index contributed by atoms with van der Waals surface area (Å²) in [5.74, 6) is -0.443. The van der Waals surface area contributed by atoms with E-state index < -0.39 is 5.97 Å². The van der Waals surface area contributed by atoms with Crippen LogP contribution in [0.4, 0.5) is 5.69 Å². The van der Waals surface area contributed by atoms with Crippen LogP contribution in [0.5, 0.6) is 0 Å². The summed E-state index contributed by atoms with van der Waals surface area (Å²) in [6.07, 6.45) is 1.64.